The first-order chi connectivity index (χ1) is 12.0. The number of amides is 1. The fourth-order valence-electron chi connectivity index (χ4n) is 4.15. The van der Waals surface area contributed by atoms with E-state index in [-0.39, 0.29) is 11.4 Å². The minimum absolute atomic E-state index is 0.00161. The van der Waals surface area contributed by atoms with E-state index in [9.17, 15) is 4.79 Å². The van der Waals surface area contributed by atoms with Crippen molar-refractivity contribution in [1.29, 1.82) is 0 Å². The molecular formula is C19H23ClN4O. The molecule has 4 rings (SSSR count). The van der Waals surface area contributed by atoms with Crippen molar-refractivity contribution in [3.8, 4) is 0 Å². The molecule has 0 radical (unpaired) electrons. The predicted octanol–water partition coefficient (Wildman–Crippen LogP) is 3.41. The van der Waals surface area contributed by atoms with Crippen LogP contribution in [0.1, 0.15) is 24.0 Å². The molecule has 2 aromatic rings. The minimum Gasteiger partial charge on any atom is -0.322 e. The molecule has 0 unspecified atom stereocenters. The topological polar surface area (TPSA) is 41.4 Å². The summed E-state index contributed by atoms with van der Waals surface area (Å²) in [6, 6.07) is 8.08. The molecule has 0 aliphatic carbocycles. The van der Waals surface area contributed by atoms with E-state index < -0.39 is 0 Å². The summed E-state index contributed by atoms with van der Waals surface area (Å²) in [4.78, 5) is 17.0. The van der Waals surface area contributed by atoms with Crippen LogP contribution in [0.5, 0.6) is 0 Å². The summed E-state index contributed by atoms with van der Waals surface area (Å²) in [5.41, 5.74) is 2.49. The van der Waals surface area contributed by atoms with Gasteiger partial charge in [0.15, 0.2) is 0 Å². The first kappa shape index (κ1) is 16.6. The van der Waals surface area contributed by atoms with Gasteiger partial charge in [0.1, 0.15) is 0 Å². The molecule has 6 heteroatoms. The van der Waals surface area contributed by atoms with Gasteiger partial charge < -0.3 is 4.90 Å². The van der Waals surface area contributed by atoms with Crippen LogP contribution in [0, 0.1) is 12.3 Å². The molecule has 0 N–H and O–H groups in total. The minimum atomic E-state index is -0.00161. The molecule has 2 fully saturated rings. The number of benzene rings is 1. The summed E-state index contributed by atoms with van der Waals surface area (Å²) >= 11 is 6.09. The zero-order chi connectivity index (χ0) is 17.4. The van der Waals surface area contributed by atoms with Gasteiger partial charge in [-0.1, -0.05) is 23.7 Å². The second-order valence-corrected chi connectivity index (χ2v) is 7.94. The van der Waals surface area contributed by atoms with Crippen molar-refractivity contribution in [3.63, 3.8) is 0 Å². The molecule has 0 saturated carbocycles. The lowest BCUT2D eigenvalue weighted by atomic mass is 9.86. The van der Waals surface area contributed by atoms with E-state index in [1.165, 1.54) is 10.2 Å². The number of aryl methyl sites for hydroxylation is 1. The van der Waals surface area contributed by atoms with Crippen LogP contribution in [0.25, 0.3) is 0 Å². The summed E-state index contributed by atoms with van der Waals surface area (Å²) in [6.07, 6.45) is 5.75. The first-order valence-electron chi connectivity index (χ1n) is 8.80. The third-order valence-electron chi connectivity index (χ3n) is 5.43. The van der Waals surface area contributed by atoms with Crippen molar-refractivity contribution < 1.29 is 4.79 Å². The van der Waals surface area contributed by atoms with Gasteiger partial charge in [0, 0.05) is 42.8 Å². The van der Waals surface area contributed by atoms with Crippen molar-refractivity contribution in [3.05, 3.63) is 52.8 Å². The normalized spacial score (nSPS) is 23.7. The van der Waals surface area contributed by atoms with Crippen LogP contribution in [0.15, 0.2) is 36.7 Å². The van der Waals surface area contributed by atoms with E-state index >= 15 is 0 Å². The number of hydrogen-bond donors (Lipinski definition) is 0. The van der Waals surface area contributed by atoms with Gasteiger partial charge in [-0.25, -0.2) is 4.79 Å². The lowest BCUT2D eigenvalue weighted by Crippen LogP contribution is -2.36. The van der Waals surface area contributed by atoms with Gasteiger partial charge in [-0.2, -0.15) is 9.78 Å². The number of likely N-dealkylation sites (tertiary alicyclic amines) is 2. The van der Waals surface area contributed by atoms with Crippen LogP contribution < -0.4 is 0 Å². The van der Waals surface area contributed by atoms with E-state index in [0.717, 1.165) is 56.2 Å². The standard InChI is InChI=1S/C19H23ClN4O/c1-15-10-21-24(11-15)18(25)23-8-6-19(14-23)5-7-22(13-19)12-16-3-2-4-17(20)9-16/h2-4,9-11H,5-8,12-14H2,1H3/t19-/m1/s1. The molecule has 1 aromatic heterocycles. The number of halogens is 1. The quantitative estimate of drug-likeness (QED) is 0.826. The van der Waals surface area contributed by atoms with Crippen LogP contribution in [-0.2, 0) is 6.54 Å². The highest BCUT2D eigenvalue weighted by molar-refractivity contribution is 6.30. The van der Waals surface area contributed by atoms with Gasteiger partial charge in [0.2, 0.25) is 0 Å². The Hall–Kier alpha value is -1.85. The average Bonchev–Trinajstić information content (AvgIpc) is 3.29. The van der Waals surface area contributed by atoms with Crippen LogP contribution in [0.3, 0.4) is 0 Å². The molecule has 5 nitrogen and oxygen atoms in total. The predicted molar refractivity (Wildman–Crippen MR) is 97.7 cm³/mol. The maximum absolute atomic E-state index is 12.6. The highest BCUT2D eigenvalue weighted by atomic mass is 35.5. The van der Waals surface area contributed by atoms with Gasteiger partial charge in [-0.3, -0.25) is 4.90 Å². The van der Waals surface area contributed by atoms with E-state index in [1.807, 2.05) is 30.0 Å². The molecular weight excluding hydrogens is 336 g/mol. The van der Waals surface area contributed by atoms with Gasteiger partial charge in [0.05, 0.1) is 6.20 Å². The molecule has 2 aliphatic heterocycles. The summed E-state index contributed by atoms with van der Waals surface area (Å²) in [6.45, 7) is 6.65. The molecule has 132 valence electrons. The summed E-state index contributed by atoms with van der Waals surface area (Å²) in [7, 11) is 0. The maximum Gasteiger partial charge on any atom is 0.344 e. The first-order valence-corrected chi connectivity index (χ1v) is 9.18. The monoisotopic (exact) mass is 358 g/mol. The van der Waals surface area contributed by atoms with Crippen molar-refractivity contribution in [1.82, 2.24) is 19.6 Å². The zero-order valence-corrected chi connectivity index (χ0v) is 15.2. The Morgan fingerprint density at radius 3 is 2.88 bits per heavy atom. The fourth-order valence-corrected chi connectivity index (χ4v) is 4.36. The van der Waals surface area contributed by atoms with Crippen molar-refractivity contribution in [2.24, 2.45) is 5.41 Å². The Balaban J connectivity index is 1.38. The largest absolute Gasteiger partial charge is 0.344 e. The molecule has 25 heavy (non-hydrogen) atoms. The number of rotatable bonds is 2. The Bertz CT molecular complexity index is 789. The van der Waals surface area contributed by atoms with Crippen LogP contribution in [0.2, 0.25) is 5.02 Å². The second-order valence-electron chi connectivity index (χ2n) is 7.51. The van der Waals surface area contributed by atoms with Gasteiger partial charge >= 0.3 is 6.03 Å². The molecule has 0 bridgehead atoms. The average molecular weight is 359 g/mol. The smallest absolute Gasteiger partial charge is 0.322 e. The molecule has 2 saturated heterocycles. The summed E-state index contributed by atoms with van der Waals surface area (Å²) in [5.74, 6) is 0. The number of hydrogen-bond acceptors (Lipinski definition) is 3. The molecule has 1 aromatic carbocycles. The van der Waals surface area contributed by atoms with Gasteiger partial charge in [-0.05, 0) is 49.6 Å². The molecule has 2 aliphatic rings. The molecule has 1 spiro atoms. The summed E-state index contributed by atoms with van der Waals surface area (Å²) in [5, 5.41) is 4.95. The van der Waals surface area contributed by atoms with Crippen LogP contribution in [0.4, 0.5) is 4.79 Å². The Kier molecular flexibility index (Phi) is 4.29. The van der Waals surface area contributed by atoms with Crippen molar-refractivity contribution >= 4 is 17.6 Å². The van der Waals surface area contributed by atoms with E-state index in [4.69, 9.17) is 11.6 Å². The number of carbonyl (C=O) groups is 1. The van der Waals surface area contributed by atoms with E-state index in [0.29, 0.717) is 0 Å². The Morgan fingerprint density at radius 2 is 2.12 bits per heavy atom. The van der Waals surface area contributed by atoms with Gasteiger partial charge in [-0.15, -0.1) is 0 Å². The highest BCUT2D eigenvalue weighted by Crippen LogP contribution is 2.40. The lowest BCUT2D eigenvalue weighted by Gasteiger charge is -2.24. The number of aromatic nitrogens is 2. The Labute approximate surface area is 153 Å². The third-order valence-corrected chi connectivity index (χ3v) is 5.66. The van der Waals surface area contributed by atoms with Crippen LogP contribution in [-0.4, -0.2) is 51.8 Å². The zero-order valence-electron chi connectivity index (χ0n) is 14.5. The number of carbonyl (C=O) groups excluding carboxylic acids is 1. The maximum atomic E-state index is 12.6. The molecule has 1 atom stereocenters. The van der Waals surface area contributed by atoms with E-state index in [2.05, 4.69) is 16.1 Å². The fraction of sp³-hybridized carbons (Fsp3) is 0.474. The van der Waals surface area contributed by atoms with Crippen LogP contribution >= 0.6 is 11.6 Å². The third kappa shape index (κ3) is 3.44. The number of nitrogens with zero attached hydrogens (tertiary/aromatic N) is 4. The summed E-state index contributed by atoms with van der Waals surface area (Å²) < 4.78 is 1.47. The molecule has 1 amide bonds. The highest BCUT2D eigenvalue weighted by Gasteiger charge is 2.44. The van der Waals surface area contributed by atoms with Gasteiger partial charge in [0.25, 0.3) is 0 Å². The molecule has 3 heterocycles. The SMILES string of the molecule is Cc1cnn(C(=O)N2CC[C@@]3(CCN(Cc4cccc(Cl)c4)C3)C2)c1. The van der Waals surface area contributed by atoms with Crippen molar-refractivity contribution in [2.75, 3.05) is 26.2 Å². The second kappa shape index (κ2) is 6.46. The lowest BCUT2D eigenvalue weighted by molar-refractivity contribution is 0.196. The van der Waals surface area contributed by atoms with Crippen molar-refractivity contribution in [2.45, 2.75) is 26.3 Å². The Morgan fingerprint density at radius 1 is 1.28 bits per heavy atom. The van der Waals surface area contributed by atoms with E-state index in [1.54, 1.807) is 12.4 Å².